The summed E-state index contributed by atoms with van der Waals surface area (Å²) in [5.41, 5.74) is 11.0. The van der Waals surface area contributed by atoms with Crippen molar-refractivity contribution in [3.05, 3.63) is 222 Å². The maximum atomic E-state index is 9.86. The molecule has 0 aliphatic carbocycles. The van der Waals surface area contributed by atoms with Crippen LogP contribution in [0.2, 0.25) is 0 Å². The molecule has 0 bridgehead atoms. The van der Waals surface area contributed by atoms with E-state index in [-0.39, 0.29) is 6.61 Å². The minimum atomic E-state index is -0.0286. The van der Waals surface area contributed by atoms with E-state index in [4.69, 9.17) is 14.2 Å². The van der Waals surface area contributed by atoms with Gasteiger partial charge in [0.25, 0.3) is 0 Å². The second-order valence-electron chi connectivity index (χ2n) is 13.1. The van der Waals surface area contributed by atoms with Crippen molar-refractivity contribution in [3.63, 3.8) is 0 Å². The van der Waals surface area contributed by atoms with Crippen molar-refractivity contribution in [3.8, 4) is 17.2 Å². The number of para-hydroxylation sites is 2. The van der Waals surface area contributed by atoms with Crippen LogP contribution in [-0.2, 0) is 6.61 Å². The van der Waals surface area contributed by atoms with Crippen molar-refractivity contribution in [1.29, 1.82) is 0 Å². The highest BCUT2D eigenvalue weighted by molar-refractivity contribution is 5.87. The molecule has 56 heavy (non-hydrogen) atoms. The minimum Gasteiger partial charge on any atom is -0.497 e. The van der Waals surface area contributed by atoms with Gasteiger partial charge in [0.1, 0.15) is 17.2 Å². The van der Waals surface area contributed by atoms with Gasteiger partial charge in [0.05, 0.1) is 27.9 Å². The third-order valence-electron chi connectivity index (χ3n) is 9.62. The van der Waals surface area contributed by atoms with Gasteiger partial charge in [0.2, 0.25) is 0 Å². The number of hydrogen-bond acceptors (Lipinski definition) is 6. The van der Waals surface area contributed by atoms with Gasteiger partial charge in [-0.3, -0.25) is 0 Å². The van der Waals surface area contributed by atoms with Crippen LogP contribution in [0.1, 0.15) is 27.8 Å². The molecule has 0 atom stereocenters. The Balaban J connectivity index is 1.43. The summed E-state index contributed by atoms with van der Waals surface area (Å²) in [6.07, 6.45) is 4.35. The van der Waals surface area contributed by atoms with E-state index in [0.29, 0.717) is 0 Å². The topological polar surface area (TPSA) is 54.4 Å². The zero-order chi connectivity index (χ0) is 38.7. The van der Waals surface area contributed by atoms with Gasteiger partial charge in [0.15, 0.2) is 0 Å². The van der Waals surface area contributed by atoms with Crippen LogP contribution in [0.5, 0.6) is 17.2 Å². The molecule has 278 valence electrons. The zero-order valence-electron chi connectivity index (χ0n) is 31.7. The molecule has 7 aromatic carbocycles. The number of benzene rings is 7. The van der Waals surface area contributed by atoms with Crippen LogP contribution in [0.25, 0.3) is 11.1 Å². The first-order valence-electron chi connectivity index (χ1n) is 18.4. The van der Waals surface area contributed by atoms with E-state index in [9.17, 15) is 5.11 Å². The quantitative estimate of drug-likeness (QED) is 0.120. The van der Waals surface area contributed by atoms with Crippen LogP contribution in [0, 0.1) is 0 Å². The van der Waals surface area contributed by atoms with Crippen LogP contribution in [-0.4, -0.2) is 26.4 Å². The van der Waals surface area contributed by atoms with Crippen LogP contribution in [0.3, 0.4) is 0 Å². The van der Waals surface area contributed by atoms with Gasteiger partial charge < -0.3 is 29.1 Å². The van der Waals surface area contributed by atoms with Gasteiger partial charge in [-0.2, -0.15) is 0 Å². The third kappa shape index (κ3) is 8.68. The number of nitrogens with zero attached hydrogens (tertiary/aromatic N) is 2. The normalized spacial score (nSPS) is 11.0. The highest BCUT2D eigenvalue weighted by atomic mass is 16.5. The van der Waals surface area contributed by atoms with Crippen LogP contribution in [0.4, 0.5) is 22.7 Å². The molecule has 0 heterocycles. The maximum Gasteiger partial charge on any atom is 0.118 e. The summed E-state index contributed by atoms with van der Waals surface area (Å²) in [6, 6.07) is 61.8. The Morgan fingerprint density at radius 2 is 0.732 bits per heavy atom. The molecule has 0 radical (unpaired) electrons. The number of aliphatic hydroxyl groups excluding tert-OH is 1. The summed E-state index contributed by atoms with van der Waals surface area (Å²) in [4.78, 5) is 4.44. The Bertz CT molecular complexity index is 2110. The van der Waals surface area contributed by atoms with Crippen molar-refractivity contribution in [2.24, 2.45) is 0 Å². The van der Waals surface area contributed by atoms with Crippen molar-refractivity contribution in [2.75, 3.05) is 31.1 Å². The summed E-state index contributed by atoms with van der Waals surface area (Å²) in [6.45, 7) is -0.0286. The van der Waals surface area contributed by atoms with Crippen molar-refractivity contribution in [2.45, 2.75) is 6.61 Å². The van der Waals surface area contributed by atoms with Gasteiger partial charge in [0, 0.05) is 46.3 Å². The molecule has 0 aromatic heterocycles. The Kier molecular flexibility index (Phi) is 11.9. The number of methoxy groups -OCH3 is 3. The van der Waals surface area contributed by atoms with Crippen LogP contribution < -0.4 is 24.0 Å². The van der Waals surface area contributed by atoms with E-state index >= 15 is 0 Å². The van der Waals surface area contributed by atoms with Crippen molar-refractivity contribution in [1.82, 2.24) is 0 Å². The summed E-state index contributed by atoms with van der Waals surface area (Å²) in [7, 11) is 5.03. The first-order valence-corrected chi connectivity index (χ1v) is 18.4. The number of hydrogen-bond donors (Lipinski definition) is 1. The predicted molar refractivity (Wildman–Crippen MR) is 229 cm³/mol. The number of rotatable bonds is 14. The molecule has 0 unspecified atom stereocenters. The highest BCUT2D eigenvalue weighted by Crippen LogP contribution is 2.37. The lowest BCUT2D eigenvalue weighted by Crippen LogP contribution is -2.12. The molecule has 6 nitrogen and oxygen atoms in total. The average molecular weight is 737 g/mol. The molecule has 0 saturated carbocycles. The van der Waals surface area contributed by atoms with Gasteiger partial charge in [-0.1, -0.05) is 97.1 Å². The fourth-order valence-electron chi connectivity index (χ4n) is 6.57. The Morgan fingerprint density at radius 3 is 1.07 bits per heavy atom. The fourth-order valence-corrected chi connectivity index (χ4v) is 6.57. The molecule has 0 amide bonds. The molecule has 7 rings (SSSR count). The Labute approximate surface area is 329 Å². The molecular weight excluding hydrogens is 693 g/mol. The zero-order valence-corrected chi connectivity index (χ0v) is 31.7. The SMILES string of the molecule is COc1ccc(C(=CN(C=C(c2ccc(OC)cc2)c2ccc(OC)cc2)c2ccc(N(c3ccccc3)c3ccccc3)cc2)c2ccc(CO)cc2)cc1. The fraction of sp³-hybridized carbons (Fsp3) is 0.0800. The summed E-state index contributed by atoms with van der Waals surface area (Å²) < 4.78 is 16.6. The Morgan fingerprint density at radius 1 is 0.411 bits per heavy atom. The summed E-state index contributed by atoms with van der Waals surface area (Å²) in [5.74, 6) is 2.34. The molecule has 0 fully saturated rings. The lowest BCUT2D eigenvalue weighted by Gasteiger charge is -2.27. The molecular formula is C50H44N2O4. The second-order valence-corrected chi connectivity index (χ2v) is 13.1. The molecule has 0 aliphatic heterocycles. The summed E-state index contributed by atoms with van der Waals surface area (Å²) >= 11 is 0. The van der Waals surface area contributed by atoms with E-state index in [1.807, 2.05) is 60.7 Å². The van der Waals surface area contributed by atoms with E-state index in [0.717, 1.165) is 79.0 Å². The average Bonchev–Trinajstić information content (AvgIpc) is 3.28. The van der Waals surface area contributed by atoms with E-state index in [1.54, 1.807) is 21.3 Å². The van der Waals surface area contributed by atoms with E-state index in [2.05, 4.69) is 144 Å². The van der Waals surface area contributed by atoms with Gasteiger partial charge in [-0.25, -0.2) is 0 Å². The van der Waals surface area contributed by atoms with Gasteiger partial charge >= 0.3 is 0 Å². The molecule has 0 saturated heterocycles. The standard InChI is InChI=1S/C50H44N2O4/c1-54-46-28-18-39(19-29-46)49(38-16-14-37(36-53)15-17-38)34-51(35-50(40-20-30-47(55-2)31-21-40)41-22-32-48(56-3)33-23-41)42-24-26-45(27-25-42)52(43-10-6-4-7-11-43)44-12-8-5-9-13-44/h4-35,53H,36H2,1-3H3. The second kappa shape index (κ2) is 17.9. The summed E-state index contributed by atoms with van der Waals surface area (Å²) in [5, 5.41) is 9.86. The number of aliphatic hydroxyl groups is 1. The van der Waals surface area contributed by atoms with E-state index < -0.39 is 0 Å². The van der Waals surface area contributed by atoms with Crippen LogP contribution >= 0.6 is 0 Å². The maximum absolute atomic E-state index is 9.86. The lowest BCUT2D eigenvalue weighted by molar-refractivity contribution is 0.282. The number of ether oxygens (including phenoxy) is 3. The third-order valence-corrected chi connectivity index (χ3v) is 9.62. The van der Waals surface area contributed by atoms with Crippen LogP contribution in [0.15, 0.2) is 194 Å². The van der Waals surface area contributed by atoms with Gasteiger partial charge in [-0.15, -0.1) is 0 Å². The van der Waals surface area contributed by atoms with Gasteiger partial charge in [-0.05, 0) is 113 Å². The molecule has 0 aliphatic rings. The van der Waals surface area contributed by atoms with Crippen molar-refractivity contribution < 1.29 is 19.3 Å². The molecule has 0 spiro atoms. The first-order chi connectivity index (χ1) is 27.6. The number of anilines is 4. The Hall–Kier alpha value is -7.02. The lowest BCUT2D eigenvalue weighted by atomic mass is 9.96. The molecule has 6 heteroatoms. The van der Waals surface area contributed by atoms with E-state index in [1.165, 1.54) is 0 Å². The monoisotopic (exact) mass is 736 g/mol. The molecule has 1 N–H and O–H groups in total. The smallest absolute Gasteiger partial charge is 0.118 e. The predicted octanol–water partition coefficient (Wildman–Crippen LogP) is 11.7. The largest absolute Gasteiger partial charge is 0.497 e. The minimum absolute atomic E-state index is 0.0286. The first kappa shape index (κ1) is 37.3. The highest BCUT2D eigenvalue weighted by Gasteiger charge is 2.16. The molecule has 7 aromatic rings. The van der Waals surface area contributed by atoms with Crippen molar-refractivity contribution >= 4 is 33.9 Å².